The molecule has 1 unspecified atom stereocenters. The van der Waals surface area contributed by atoms with Gasteiger partial charge in [-0.3, -0.25) is 0 Å². The number of sulfonamides is 1. The summed E-state index contributed by atoms with van der Waals surface area (Å²) in [6, 6.07) is 3.21. The molecular formula is C13H18ClFN2O4S. The molecule has 1 heterocycles. The minimum absolute atomic E-state index is 0. The molecule has 0 saturated carbocycles. The van der Waals surface area contributed by atoms with Crippen molar-refractivity contribution in [2.75, 3.05) is 20.2 Å². The van der Waals surface area contributed by atoms with Crippen LogP contribution >= 0.6 is 12.4 Å². The van der Waals surface area contributed by atoms with E-state index in [0.29, 0.717) is 13.0 Å². The van der Waals surface area contributed by atoms with Gasteiger partial charge in [0, 0.05) is 19.1 Å². The Kier molecular flexibility index (Phi) is 6.30. The van der Waals surface area contributed by atoms with Gasteiger partial charge >= 0.3 is 5.97 Å². The molecule has 1 aromatic rings. The van der Waals surface area contributed by atoms with Crippen LogP contribution in [0.2, 0.25) is 0 Å². The Morgan fingerprint density at radius 2 is 2.14 bits per heavy atom. The van der Waals surface area contributed by atoms with E-state index in [1.807, 2.05) is 0 Å². The largest absolute Gasteiger partial charge is 0.465 e. The number of ether oxygens (including phenoxy) is 1. The maximum absolute atomic E-state index is 13.9. The number of benzene rings is 1. The van der Waals surface area contributed by atoms with Crippen molar-refractivity contribution in [2.45, 2.75) is 23.8 Å². The van der Waals surface area contributed by atoms with Crippen molar-refractivity contribution >= 4 is 28.4 Å². The van der Waals surface area contributed by atoms with Gasteiger partial charge < -0.3 is 10.5 Å². The highest BCUT2D eigenvalue weighted by atomic mass is 35.5. The topological polar surface area (TPSA) is 89.7 Å². The van der Waals surface area contributed by atoms with Crippen molar-refractivity contribution in [3.8, 4) is 0 Å². The van der Waals surface area contributed by atoms with Gasteiger partial charge in [-0.25, -0.2) is 17.6 Å². The predicted octanol–water partition coefficient (Wildman–Crippen LogP) is 1.15. The Bertz CT molecular complexity index is 653. The molecule has 6 nitrogen and oxygen atoms in total. The molecule has 1 aromatic carbocycles. The van der Waals surface area contributed by atoms with E-state index in [-0.39, 0.29) is 29.9 Å². The highest BCUT2D eigenvalue weighted by Gasteiger charge is 2.33. The van der Waals surface area contributed by atoms with Gasteiger partial charge in [-0.1, -0.05) is 6.07 Å². The standard InChI is InChI=1S/C13H17FN2O4S.ClH/c1-20-13(17)12-10(14)5-2-6-11(12)21(18,19)16-7-3-4-9(15)8-16;/h2,5-6,9H,3-4,7-8,15H2,1H3;1H. The lowest BCUT2D eigenvalue weighted by Crippen LogP contribution is -2.45. The third kappa shape index (κ3) is 3.57. The van der Waals surface area contributed by atoms with Crippen LogP contribution in [0.5, 0.6) is 0 Å². The van der Waals surface area contributed by atoms with Gasteiger partial charge in [-0.15, -0.1) is 12.4 Å². The number of rotatable bonds is 3. The molecule has 0 bridgehead atoms. The fourth-order valence-corrected chi connectivity index (χ4v) is 4.08. The predicted molar refractivity (Wildman–Crippen MR) is 81.0 cm³/mol. The van der Waals surface area contributed by atoms with Crippen LogP contribution in [0.15, 0.2) is 23.1 Å². The maximum atomic E-state index is 13.9. The number of nitrogens with two attached hydrogens (primary N) is 1. The van der Waals surface area contributed by atoms with E-state index in [2.05, 4.69) is 4.74 Å². The molecule has 1 fully saturated rings. The van der Waals surface area contributed by atoms with Crippen LogP contribution in [0, 0.1) is 5.82 Å². The molecule has 1 aliphatic rings. The zero-order chi connectivity index (χ0) is 15.6. The normalized spacial score (nSPS) is 19.3. The van der Waals surface area contributed by atoms with Crippen molar-refractivity contribution in [3.05, 3.63) is 29.6 Å². The quantitative estimate of drug-likeness (QED) is 0.824. The number of carbonyl (C=O) groups is 1. The zero-order valence-corrected chi connectivity index (χ0v) is 13.6. The third-order valence-electron chi connectivity index (χ3n) is 3.40. The van der Waals surface area contributed by atoms with E-state index in [4.69, 9.17) is 5.73 Å². The van der Waals surface area contributed by atoms with Crippen LogP contribution in [-0.4, -0.2) is 44.9 Å². The molecule has 1 atom stereocenters. The fourth-order valence-electron chi connectivity index (χ4n) is 2.35. The Labute approximate surface area is 134 Å². The van der Waals surface area contributed by atoms with Gasteiger partial charge in [0.2, 0.25) is 10.0 Å². The second kappa shape index (κ2) is 7.36. The van der Waals surface area contributed by atoms with Crippen LogP contribution in [0.3, 0.4) is 0 Å². The van der Waals surface area contributed by atoms with E-state index in [9.17, 15) is 17.6 Å². The van der Waals surface area contributed by atoms with Crippen LogP contribution in [0.25, 0.3) is 0 Å². The van der Waals surface area contributed by atoms with Gasteiger partial charge in [-0.2, -0.15) is 4.31 Å². The SMILES string of the molecule is COC(=O)c1c(F)cccc1S(=O)(=O)N1CCCC(N)C1.Cl. The van der Waals surface area contributed by atoms with Crippen LogP contribution in [0.1, 0.15) is 23.2 Å². The van der Waals surface area contributed by atoms with Crippen LogP contribution < -0.4 is 5.73 Å². The molecule has 22 heavy (non-hydrogen) atoms. The summed E-state index contributed by atoms with van der Waals surface area (Å²) in [5, 5.41) is 0. The summed E-state index contributed by atoms with van der Waals surface area (Å²) in [7, 11) is -2.92. The van der Waals surface area contributed by atoms with Crippen molar-refractivity contribution in [2.24, 2.45) is 5.73 Å². The van der Waals surface area contributed by atoms with Crippen molar-refractivity contribution in [1.82, 2.24) is 4.31 Å². The van der Waals surface area contributed by atoms with Gasteiger partial charge in [-0.05, 0) is 25.0 Å². The smallest absolute Gasteiger partial charge is 0.342 e. The van der Waals surface area contributed by atoms with Gasteiger partial charge in [0.1, 0.15) is 11.4 Å². The lowest BCUT2D eigenvalue weighted by Gasteiger charge is -2.30. The summed E-state index contributed by atoms with van der Waals surface area (Å²) in [5.74, 6) is -1.95. The van der Waals surface area contributed by atoms with E-state index in [1.54, 1.807) is 0 Å². The molecule has 0 radical (unpaired) electrons. The number of piperidine rings is 1. The molecule has 9 heteroatoms. The second-order valence-electron chi connectivity index (χ2n) is 4.87. The number of hydrogen-bond acceptors (Lipinski definition) is 5. The Morgan fingerprint density at radius 1 is 1.45 bits per heavy atom. The number of hydrogen-bond donors (Lipinski definition) is 1. The summed E-state index contributed by atoms with van der Waals surface area (Å²) >= 11 is 0. The number of methoxy groups -OCH3 is 1. The van der Waals surface area contributed by atoms with Gasteiger partial charge in [0.15, 0.2) is 0 Å². The third-order valence-corrected chi connectivity index (χ3v) is 5.31. The Hall–Kier alpha value is -1.22. The number of halogens is 2. The average Bonchev–Trinajstić information content (AvgIpc) is 2.46. The minimum Gasteiger partial charge on any atom is -0.465 e. The first-order valence-electron chi connectivity index (χ1n) is 6.50. The molecule has 1 aliphatic heterocycles. The Morgan fingerprint density at radius 3 is 2.73 bits per heavy atom. The fraction of sp³-hybridized carbons (Fsp3) is 0.462. The lowest BCUT2D eigenvalue weighted by atomic mass is 10.1. The maximum Gasteiger partial charge on any atom is 0.342 e. The summed E-state index contributed by atoms with van der Waals surface area (Å²) in [6.07, 6.45) is 1.36. The minimum atomic E-state index is -3.99. The molecule has 0 amide bonds. The second-order valence-corrected chi connectivity index (χ2v) is 6.78. The molecule has 124 valence electrons. The van der Waals surface area contributed by atoms with E-state index < -0.39 is 27.4 Å². The molecule has 1 saturated heterocycles. The lowest BCUT2D eigenvalue weighted by molar-refractivity contribution is 0.0590. The summed E-state index contributed by atoms with van der Waals surface area (Å²) in [6.45, 7) is 0.451. The highest BCUT2D eigenvalue weighted by Crippen LogP contribution is 2.25. The van der Waals surface area contributed by atoms with Crippen molar-refractivity contribution in [1.29, 1.82) is 0 Å². The first kappa shape index (κ1) is 18.8. The first-order chi connectivity index (χ1) is 9.87. The number of esters is 1. The van der Waals surface area contributed by atoms with E-state index >= 15 is 0 Å². The molecule has 0 spiro atoms. The highest BCUT2D eigenvalue weighted by molar-refractivity contribution is 7.89. The van der Waals surface area contributed by atoms with E-state index in [0.717, 1.165) is 19.6 Å². The number of nitrogens with zero attached hydrogens (tertiary/aromatic N) is 1. The van der Waals surface area contributed by atoms with Crippen molar-refractivity contribution < 1.29 is 22.3 Å². The first-order valence-corrected chi connectivity index (χ1v) is 7.94. The zero-order valence-electron chi connectivity index (χ0n) is 12.0. The molecule has 0 aromatic heterocycles. The van der Waals surface area contributed by atoms with Crippen LogP contribution in [0.4, 0.5) is 4.39 Å². The summed E-state index contributed by atoms with van der Waals surface area (Å²) < 4.78 is 44.8. The van der Waals surface area contributed by atoms with Crippen molar-refractivity contribution in [3.63, 3.8) is 0 Å². The van der Waals surface area contributed by atoms with Gasteiger partial charge in [0.05, 0.1) is 12.0 Å². The summed E-state index contributed by atoms with van der Waals surface area (Å²) in [4.78, 5) is 11.3. The monoisotopic (exact) mass is 352 g/mol. The molecule has 2 N–H and O–H groups in total. The molecular weight excluding hydrogens is 335 g/mol. The molecule has 2 rings (SSSR count). The average molecular weight is 353 g/mol. The van der Waals surface area contributed by atoms with Gasteiger partial charge in [0.25, 0.3) is 0 Å². The Balaban J connectivity index is 0.00000242. The summed E-state index contributed by atoms with van der Waals surface area (Å²) in [5.41, 5.74) is 5.21. The van der Waals surface area contributed by atoms with E-state index in [1.165, 1.54) is 16.4 Å². The molecule has 0 aliphatic carbocycles. The number of carbonyl (C=O) groups excluding carboxylic acids is 1. The van der Waals surface area contributed by atoms with Crippen LogP contribution in [-0.2, 0) is 14.8 Å².